The maximum absolute atomic E-state index is 11.4. The molecule has 1 fully saturated rings. The number of nitrogens with zero attached hydrogens (tertiary/aromatic N) is 3. The van der Waals surface area contributed by atoms with Gasteiger partial charge in [-0.05, 0) is 12.8 Å². The maximum atomic E-state index is 11.4. The lowest BCUT2D eigenvalue weighted by Crippen LogP contribution is -2.36. The summed E-state index contributed by atoms with van der Waals surface area (Å²) in [6, 6.07) is -0.143. The van der Waals surface area contributed by atoms with Gasteiger partial charge in [-0.25, -0.2) is 13.4 Å². The number of aromatic nitrogens is 2. The summed E-state index contributed by atoms with van der Waals surface area (Å²) in [4.78, 5) is 16.6. The number of imidazole rings is 1. The number of hydrogen-bond acceptors (Lipinski definition) is 4. The van der Waals surface area contributed by atoms with E-state index >= 15 is 0 Å². The zero-order valence-corrected chi connectivity index (χ0v) is 10.9. The van der Waals surface area contributed by atoms with Crippen LogP contribution in [0, 0.1) is 0 Å². The first-order valence-electron chi connectivity index (χ1n) is 5.98. The van der Waals surface area contributed by atoms with E-state index in [4.69, 9.17) is 0 Å². The normalized spacial score (nSPS) is 21.9. The van der Waals surface area contributed by atoms with Crippen LogP contribution in [0.3, 0.4) is 0 Å². The zero-order valence-electron chi connectivity index (χ0n) is 10.1. The van der Waals surface area contributed by atoms with Crippen LogP contribution in [0.2, 0.25) is 0 Å². The molecule has 2 rings (SSSR count). The Morgan fingerprint density at radius 1 is 1.50 bits per heavy atom. The first-order chi connectivity index (χ1) is 8.61. The Labute approximate surface area is 107 Å². The first-order valence-corrected chi connectivity index (χ1v) is 7.80. The summed E-state index contributed by atoms with van der Waals surface area (Å²) in [6.07, 6.45) is 7.43. The van der Waals surface area contributed by atoms with Crippen molar-refractivity contribution in [2.45, 2.75) is 25.4 Å². The van der Waals surface area contributed by atoms with E-state index in [1.807, 2.05) is 10.8 Å². The van der Waals surface area contributed by atoms with E-state index in [0.29, 0.717) is 13.0 Å². The van der Waals surface area contributed by atoms with Gasteiger partial charge in [0.25, 0.3) is 0 Å². The van der Waals surface area contributed by atoms with Crippen LogP contribution < -0.4 is 0 Å². The van der Waals surface area contributed by atoms with E-state index in [1.54, 1.807) is 17.4 Å². The van der Waals surface area contributed by atoms with Crippen molar-refractivity contribution in [3.05, 3.63) is 18.7 Å². The van der Waals surface area contributed by atoms with Crippen molar-refractivity contribution in [2.75, 3.05) is 18.1 Å². The van der Waals surface area contributed by atoms with Gasteiger partial charge >= 0.3 is 0 Å². The van der Waals surface area contributed by atoms with Gasteiger partial charge in [0.15, 0.2) is 9.84 Å². The highest BCUT2D eigenvalue weighted by atomic mass is 32.2. The zero-order chi connectivity index (χ0) is 13.0. The molecule has 2 heterocycles. The molecule has 0 spiro atoms. The molecule has 0 unspecified atom stereocenters. The Balaban J connectivity index is 1.81. The Morgan fingerprint density at radius 3 is 2.89 bits per heavy atom. The van der Waals surface area contributed by atoms with Crippen molar-refractivity contribution >= 4 is 16.2 Å². The summed E-state index contributed by atoms with van der Waals surface area (Å²) >= 11 is 0. The minimum atomic E-state index is -2.93. The third-order valence-electron chi connectivity index (χ3n) is 3.20. The summed E-state index contributed by atoms with van der Waals surface area (Å²) in [5.74, 6) is 0.306. The second-order valence-corrected chi connectivity index (χ2v) is 6.78. The fourth-order valence-corrected chi connectivity index (χ4v) is 3.96. The number of carbonyl (C=O) groups is 1. The van der Waals surface area contributed by atoms with E-state index in [-0.39, 0.29) is 17.5 Å². The number of amides is 1. The van der Waals surface area contributed by atoms with Crippen molar-refractivity contribution in [1.29, 1.82) is 0 Å². The SMILES string of the molecule is O=CN(CCCn1ccnc1)[C@H]1CCS(=O)(=O)C1. The van der Waals surface area contributed by atoms with Gasteiger partial charge in [-0.15, -0.1) is 0 Å². The second kappa shape index (κ2) is 5.51. The molecular weight excluding hydrogens is 254 g/mol. The molecule has 1 aliphatic heterocycles. The standard InChI is InChI=1S/C11H17N3O3S/c15-10-14(11-2-7-18(16,17)8-11)5-1-4-13-6-3-12-9-13/h3,6,9-11H,1-2,4-5,7-8H2/t11-/m0/s1. The number of carbonyl (C=O) groups excluding carboxylic acids is 1. The molecule has 0 aromatic carbocycles. The molecule has 1 amide bonds. The van der Waals surface area contributed by atoms with Crippen LogP contribution in [0.4, 0.5) is 0 Å². The monoisotopic (exact) mass is 271 g/mol. The van der Waals surface area contributed by atoms with E-state index in [0.717, 1.165) is 19.4 Å². The average molecular weight is 271 g/mol. The minimum absolute atomic E-state index is 0.108. The van der Waals surface area contributed by atoms with E-state index in [1.165, 1.54) is 0 Å². The van der Waals surface area contributed by atoms with Gasteiger partial charge in [0.05, 0.1) is 17.8 Å². The summed E-state index contributed by atoms with van der Waals surface area (Å²) in [5, 5.41) is 0. The summed E-state index contributed by atoms with van der Waals surface area (Å²) in [5.41, 5.74) is 0. The Morgan fingerprint density at radius 2 is 2.33 bits per heavy atom. The lowest BCUT2D eigenvalue weighted by molar-refractivity contribution is -0.119. The molecule has 0 saturated carbocycles. The number of hydrogen-bond donors (Lipinski definition) is 0. The predicted octanol–water partition coefficient (Wildman–Crippen LogP) is -0.0813. The highest BCUT2D eigenvalue weighted by Gasteiger charge is 2.31. The summed E-state index contributed by atoms with van der Waals surface area (Å²) in [6.45, 7) is 1.37. The van der Waals surface area contributed by atoms with E-state index in [2.05, 4.69) is 4.98 Å². The van der Waals surface area contributed by atoms with Crippen LogP contribution >= 0.6 is 0 Å². The number of aryl methyl sites for hydroxylation is 1. The molecule has 1 aromatic heterocycles. The van der Waals surface area contributed by atoms with Gasteiger partial charge in [-0.1, -0.05) is 0 Å². The topological polar surface area (TPSA) is 72.3 Å². The van der Waals surface area contributed by atoms with Crippen LogP contribution in [-0.2, 0) is 21.2 Å². The smallest absolute Gasteiger partial charge is 0.209 e. The highest BCUT2D eigenvalue weighted by Crippen LogP contribution is 2.16. The minimum Gasteiger partial charge on any atom is -0.341 e. The number of rotatable bonds is 6. The quantitative estimate of drug-likeness (QED) is 0.678. The van der Waals surface area contributed by atoms with Crippen LogP contribution in [-0.4, -0.2) is 53.4 Å². The third kappa shape index (κ3) is 3.32. The van der Waals surface area contributed by atoms with Crippen molar-refractivity contribution in [3.63, 3.8) is 0 Å². The fraction of sp³-hybridized carbons (Fsp3) is 0.636. The maximum Gasteiger partial charge on any atom is 0.209 e. The second-order valence-electron chi connectivity index (χ2n) is 4.55. The average Bonchev–Trinajstić information content (AvgIpc) is 2.94. The largest absolute Gasteiger partial charge is 0.341 e. The molecule has 18 heavy (non-hydrogen) atoms. The van der Waals surface area contributed by atoms with Gasteiger partial charge in [0, 0.05) is 31.5 Å². The first kappa shape index (κ1) is 13.1. The summed E-state index contributed by atoms with van der Waals surface area (Å²) in [7, 11) is -2.93. The van der Waals surface area contributed by atoms with E-state index in [9.17, 15) is 13.2 Å². The molecule has 1 aliphatic rings. The van der Waals surface area contributed by atoms with Crippen molar-refractivity contribution in [3.8, 4) is 0 Å². The Hall–Kier alpha value is -1.37. The molecule has 1 saturated heterocycles. The van der Waals surface area contributed by atoms with Gasteiger partial charge in [-0.3, -0.25) is 4.79 Å². The van der Waals surface area contributed by atoms with Gasteiger partial charge in [0.2, 0.25) is 6.41 Å². The highest BCUT2D eigenvalue weighted by molar-refractivity contribution is 7.91. The van der Waals surface area contributed by atoms with Crippen molar-refractivity contribution in [1.82, 2.24) is 14.5 Å². The van der Waals surface area contributed by atoms with Crippen LogP contribution in [0.1, 0.15) is 12.8 Å². The third-order valence-corrected chi connectivity index (χ3v) is 4.95. The Kier molecular flexibility index (Phi) is 4.00. The molecule has 0 bridgehead atoms. The van der Waals surface area contributed by atoms with Crippen LogP contribution in [0.25, 0.3) is 0 Å². The van der Waals surface area contributed by atoms with Gasteiger partial charge in [-0.2, -0.15) is 0 Å². The molecule has 0 radical (unpaired) electrons. The van der Waals surface area contributed by atoms with E-state index < -0.39 is 9.84 Å². The molecular formula is C11H17N3O3S. The van der Waals surface area contributed by atoms with Crippen molar-refractivity contribution in [2.24, 2.45) is 0 Å². The van der Waals surface area contributed by atoms with Gasteiger partial charge in [0.1, 0.15) is 0 Å². The fourth-order valence-electron chi connectivity index (χ4n) is 2.21. The number of sulfone groups is 1. The molecule has 6 nitrogen and oxygen atoms in total. The lowest BCUT2D eigenvalue weighted by atomic mass is 10.2. The molecule has 7 heteroatoms. The predicted molar refractivity (Wildman–Crippen MR) is 66.7 cm³/mol. The van der Waals surface area contributed by atoms with Gasteiger partial charge < -0.3 is 9.47 Å². The Bertz CT molecular complexity index is 484. The lowest BCUT2D eigenvalue weighted by Gasteiger charge is -2.23. The molecule has 1 atom stereocenters. The van der Waals surface area contributed by atoms with Crippen molar-refractivity contribution < 1.29 is 13.2 Å². The van der Waals surface area contributed by atoms with Crippen LogP contribution in [0.5, 0.6) is 0 Å². The van der Waals surface area contributed by atoms with Crippen LogP contribution in [0.15, 0.2) is 18.7 Å². The molecule has 1 aromatic rings. The molecule has 100 valence electrons. The molecule has 0 aliphatic carbocycles. The summed E-state index contributed by atoms with van der Waals surface area (Å²) < 4.78 is 24.7. The molecule has 0 N–H and O–H groups in total.